The summed E-state index contributed by atoms with van der Waals surface area (Å²) in [4.78, 5) is 4.59. The Morgan fingerprint density at radius 2 is 1.76 bits per heavy atom. The summed E-state index contributed by atoms with van der Waals surface area (Å²) in [6.45, 7) is 3.05. The molecule has 1 atom stereocenters. The molecule has 7 nitrogen and oxygen atoms in total. The molecule has 25 heavy (non-hydrogen) atoms. The van der Waals surface area contributed by atoms with E-state index in [9.17, 15) is 0 Å². The summed E-state index contributed by atoms with van der Waals surface area (Å²) >= 11 is 0. The molecule has 2 aromatic rings. The highest BCUT2D eigenvalue weighted by Gasteiger charge is 2.34. The lowest BCUT2D eigenvalue weighted by atomic mass is 9.91. The number of ether oxygens (including phenoxy) is 3. The molecule has 0 saturated carbocycles. The number of nitrogens with zero attached hydrogens (tertiary/aromatic N) is 2. The Kier molecular flexibility index (Phi) is 6.13. The molecule has 1 N–H and O–H groups in total. The number of hydrogen-bond acceptors (Lipinski definition) is 7. The highest BCUT2D eigenvalue weighted by Crippen LogP contribution is 2.41. The van der Waals surface area contributed by atoms with Crippen molar-refractivity contribution in [1.82, 2.24) is 15.5 Å². The van der Waals surface area contributed by atoms with E-state index in [4.69, 9.17) is 18.7 Å². The van der Waals surface area contributed by atoms with Gasteiger partial charge in [-0.2, -0.15) is 4.98 Å². The molecule has 1 fully saturated rings. The van der Waals surface area contributed by atoms with Crippen LogP contribution in [0.3, 0.4) is 0 Å². The van der Waals surface area contributed by atoms with E-state index < -0.39 is 0 Å². The minimum atomic E-state index is -0.274. The van der Waals surface area contributed by atoms with Crippen LogP contribution >= 0.6 is 12.4 Å². The van der Waals surface area contributed by atoms with Gasteiger partial charge in [-0.1, -0.05) is 5.16 Å². The lowest BCUT2D eigenvalue weighted by molar-refractivity contribution is 0.207. The third kappa shape index (κ3) is 3.67. The van der Waals surface area contributed by atoms with Crippen LogP contribution in [0.25, 0.3) is 11.4 Å². The third-order valence-electron chi connectivity index (χ3n) is 4.44. The molecule has 0 bridgehead atoms. The van der Waals surface area contributed by atoms with Crippen molar-refractivity contribution < 1.29 is 18.7 Å². The van der Waals surface area contributed by atoms with E-state index in [1.165, 1.54) is 6.42 Å². The molecule has 0 amide bonds. The van der Waals surface area contributed by atoms with Gasteiger partial charge in [0.1, 0.15) is 0 Å². The van der Waals surface area contributed by atoms with E-state index in [0.717, 1.165) is 24.9 Å². The van der Waals surface area contributed by atoms with Gasteiger partial charge in [0.05, 0.1) is 26.9 Å². The summed E-state index contributed by atoms with van der Waals surface area (Å²) < 4.78 is 21.6. The summed E-state index contributed by atoms with van der Waals surface area (Å²) in [6.07, 6.45) is 3.29. The van der Waals surface area contributed by atoms with Crippen molar-refractivity contribution in [3.05, 3.63) is 18.0 Å². The van der Waals surface area contributed by atoms with Crippen molar-refractivity contribution in [2.24, 2.45) is 0 Å². The van der Waals surface area contributed by atoms with Crippen LogP contribution in [0.4, 0.5) is 0 Å². The number of nitrogens with one attached hydrogen (secondary N) is 1. The maximum Gasteiger partial charge on any atom is 0.246 e. The fraction of sp³-hybridized carbons (Fsp3) is 0.529. The Bertz CT molecular complexity index is 689. The first-order valence-corrected chi connectivity index (χ1v) is 8.01. The first-order chi connectivity index (χ1) is 11.6. The Morgan fingerprint density at radius 1 is 1.08 bits per heavy atom. The lowest BCUT2D eigenvalue weighted by Crippen LogP contribution is -2.43. The second-order valence-electron chi connectivity index (χ2n) is 6.05. The normalized spacial score (nSPS) is 19.8. The highest BCUT2D eigenvalue weighted by molar-refractivity contribution is 5.85. The van der Waals surface area contributed by atoms with E-state index in [1.807, 2.05) is 12.1 Å². The van der Waals surface area contributed by atoms with Gasteiger partial charge in [-0.05, 0) is 44.9 Å². The van der Waals surface area contributed by atoms with Crippen LogP contribution in [-0.4, -0.2) is 38.0 Å². The summed E-state index contributed by atoms with van der Waals surface area (Å²) in [7, 11) is 4.73. The van der Waals surface area contributed by atoms with Gasteiger partial charge in [-0.25, -0.2) is 0 Å². The molecule has 3 rings (SSSR count). The number of methoxy groups -OCH3 is 3. The molecule has 1 aliphatic heterocycles. The summed E-state index contributed by atoms with van der Waals surface area (Å²) in [5.41, 5.74) is 0.475. The predicted octanol–water partition coefficient (Wildman–Crippen LogP) is 3.17. The Morgan fingerprint density at radius 3 is 2.28 bits per heavy atom. The first kappa shape index (κ1) is 19.3. The molecule has 2 heterocycles. The Labute approximate surface area is 153 Å². The van der Waals surface area contributed by atoms with Gasteiger partial charge in [0.25, 0.3) is 0 Å². The van der Waals surface area contributed by atoms with Crippen LogP contribution in [-0.2, 0) is 5.54 Å². The van der Waals surface area contributed by atoms with Crippen LogP contribution < -0.4 is 19.5 Å². The van der Waals surface area contributed by atoms with Crippen molar-refractivity contribution >= 4 is 12.4 Å². The SMILES string of the molecule is COc1cc(-c2noc(C3(C)CCCCN3)n2)cc(OC)c1OC.Cl. The monoisotopic (exact) mass is 369 g/mol. The second-order valence-corrected chi connectivity index (χ2v) is 6.05. The third-order valence-corrected chi connectivity index (χ3v) is 4.44. The molecule has 0 radical (unpaired) electrons. The van der Waals surface area contributed by atoms with Gasteiger partial charge < -0.3 is 24.1 Å². The summed E-state index contributed by atoms with van der Waals surface area (Å²) in [5, 5.41) is 7.61. The zero-order valence-corrected chi connectivity index (χ0v) is 15.7. The van der Waals surface area contributed by atoms with Crippen molar-refractivity contribution in [2.75, 3.05) is 27.9 Å². The standard InChI is InChI=1S/C17H23N3O4.ClH/c1-17(7-5-6-8-18-17)16-19-15(20-24-16)11-9-12(21-2)14(23-4)13(10-11)22-3;/h9-10,18H,5-8H2,1-4H3;1H. The van der Waals surface area contributed by atoms with Gasteiger partial charge in [0.2, 0.25) is 17.5 Å². The van der Waals surface area contributed by atoms with Crippen LogP contribution in [0.1, 0.15) is 32.1 Å². The molecule has 1 aromatic carbocycles. The van der Waals surface area contributed by atoms with Crippen LogP contribution in [0.5, 0.6) is 17.2 Å². The fourth-order valence-electron chi connectivity index (χ4n) is 3.01. The number of piperidine rings is 1. The molecule has 1 unspecified atom stereocenters. The highest BCUT2D eigenvalue weighted by atomic mass is 35.5. The van der Waals surface area contributed by atoms with Crippen molar-refractivity contribution in [1.29, 1.82) is 0 Å². The van der Waals surface area contributed by atoms with Gasteiger partial charge in [-0.3, -0.25) is 0 Å². The molecular weight excluding hydrogens is 346 g/mol. The zero-order chi connectivity index (χ0) is 17.2. The number of hydrogen-bond donors (Lipinski definition) is 1. The van der Waals surface area contributed by atoms with Crippen molar-refractivity contribution in [3.63, 3.8) is 0 Å². The average Bonchev–Trinajstić information content (AvgIpc) is 3.12. The minimum absolute atomic E-state index is 0. The van der Waals surface area contributed by atoms with Crippen molar-refractivity contribution in [2.45, 2.75) is 31.7 Å². The fourth-order valence-corrected chi connectivity index (χ4v) is 3.01. The Balaban J connectivity index is 0.00000225. The topological polar surface area (TPSA) is 78.6 Å². The van der Waals surface area contributed by atoms with Gasteiger partial charge >= 0.3 is 0 Å². The molecule has 8 heteroatoms. The van der Waals surface area contributed by atoms with Crippen LogP contribution in [0, 0.1) is 0 Å². The largest absolute Gasteiger partial charge is 0.493 e. The molecule has 138 valence electrons. The van der Waals surface area contributed by atoms with Gasteiger partial charge in [0.15, 0.2) is 11.5 Å². The number of rotatable bonds is 5. The quantitative estimate of drug-likeness (QED) is 0.867. The van der Waals surface area contributed by atoms with Crippen LogP contribution in [0.15, 0.2) is 16.7 Å². The van der Waals surface area contributed by atoms with Crippen molar-refractivity contribution in [3.8, 4) is 28.6 Å². The molecule has 1 aromatic heterocycles. The summed E-state index contributed by atoms with van der Waals surface area (Å²) in [6, 6.07) is 3.62. The Hall–Kier alpha value is -1.99. The predicted molar refractivity (Wildman–Crippen MR) is 95.8 cm³/mol. The van der Waals surface area contributed by atoms with Gasteiger partial charge in [-0.15, -0.1) is 12.4 Å². The van der Waals surface area contributed by atoms with E-state index in [2.05, 4.69) is 22.4 Å². The maximum absolute atomic E-state index is 5.53. The molecule has 1 aliphatic rings. The number of halogens is 1. The van der Waals surface area contributed by atoms with E-state index in [-0.39, 0.29) is 17.9 Å². The molecular formula is C17H24ClN3O4. The smallest absolute Gasteiger partial charge is 0.246 e. The second kappa shape index (κ2) is 7.93. The average molecular weight is 370 g/mol. The zero-order valence-electron chi connectivity index (χ0n) is 14.9. The minimum Gasteiger partial charge on any atom is -0.493 e. The van der Waals surface area contributed by atoms with Crippen LogP contribution in [0.2, 0.25) is 0 Å². The lowest BCUT2D eigenvalue weighted by Gasteiger charge is -2.31. The maximum atomic E-state index is 5.53. The van der Waals surface area contributed by atoms with E-state index >= 15 is 0 Å². The molecule has 0 spiro atoms. The molecule has 1 saturated heterocycles. The van der Waals surface area contributed by atoms with E-state index in [1.54, 1.807) is 21.3 Å². The number of benzene rings is 1. The van der Waals surface area contributed by atoms with Gasteiger partial charge in [0, 0.05) is 5.56 Å². The first-order valence-electron chi connectivity index (χ1n) is 8.01. The number of aromatic nitrogens is 2. The van der Waals surface area contributed by atoms with E-state index in [0.29, 0.717) is 29.0 Å². The molecule has 0 aliphatic carbocycles. The summed E-state index contributed by atoms with van der Waals surface area (Å²) in [5.74, 6) is 2.75.